The van der Waals surface area contributed by atoms with Gasteiger partial charge in [-0.15, -0.1) is 0 Å². The standard InChI is InChI=1S/C22H23FO3/c1-13-10-11-14(15-8-6-7-9-17(15)23)12-16(13)18-19(24)21(2,3)26-22(4,5)20(18)25/h6-12,18H,1-5H3. The van der Waals surface area contributed by atoms with Crippen molar-refractivity contribution in [2.75, 3.05) is 0 Å². The van der Waals surface area contributed by atoms with Gasteiger partial charge in [-0.1, -0.05) is 30.3 Å². The van der Waals surface area contributed by atoms with Gasteiger partial charge >= 0.3 is 0 Å². The summed E-state index contributed by atoms with van der Waals surface area (Å²) in [5.41, 5.74) is 0.395. The summed E-state index contributed by atoms with van der Waals surface area (Å²) in [6.07, 6.45) is 0. The average Bonchev–Trinajstić information content (AvgIpc) is 2.55. The Bertz CT molecular complexity index is 870. The second-order valence-corrected chi connectivity index (χ2v) is 7.84. The number of ketones is 2. The fraction of sp³-hybridized carbons (Fsp3) is 0.364. The lowest BCUT2D eigenvalue weighted by molar-refractivity contribution is -0.184. The van der Waals surface area contributed by atoms with Gasteiger partial charge in [0.1, 0.15) is 22.9 Å². The van der Waals surface area contributed by atoms with Crippen LogP contribution >= 0.6 is 0 Å². The summed E-state index contributed by atoms with van der Waals surface area (Å²) >= 11 is 0. The van der Waals surface area contributed by atoms with Gasteiger partial charge in [0, 0.05) is 5.56 Å². The van der Waals surface area contributed by atoms with E-state index in [2.05, 4.69) is 0 Å². The van der Waals surface area contributed by atoms with E-state index >= 15 is 0 Å². The minimum atomic E-state index is -1.07. The summed E-state index contributed by atoms with van der Waals surface area (Å²) in [4.78, 5) is 26.0. The predicted molar refractivity (Wildman–Crippen MR) is 98.6 cm³/mol. The molecule has 1 saturated heterocycles. The number of aryl methyl sites for hydroxylation is 1. The smallest absolute Gasteiger partial charge is 0.179 e. The Morgan fingerprint density at radius 2 is 1.50 bits per heavy atom. The largest absolute Gasteiger partial charge is 0.354 e. The molecule has 0 unspecified atom stereocenters. The normalized spacial score (nSPS) is 19.6. The SMILES string of the molecule is Cc1ccc(-c2ccccc2F)cc1C1C(=O)C(C)(C)OC(C)(C)C1=O. The first-order valence-electron chi connectivity index (χ1n) is 8.69. The number of Topliss-reactive ketones (excluding diaryl/α,β-unsaturated/α-hetero) is 2. The number of hydrogen-bond donors (Lipinski definition) is 0. The maximum absolute atomic E-state index is 14.2. The van der Waals surface area contributed by atoms with Crippen molar-refractivity contribution >= 4 is 11.6 Å². The lowest BCUT2D eigenvalue weighted by atomic mass is 9.73. The number of carbonyl (C=O) groups excluding carboxylic acids is 2. The van der Waals surface area contributed by atoms with Crippen LogP contribution in [-0.2, 0) is 14.3 Å². The molecule has 0 aliphatic carbocycles. The molecule has 3 nitrogen and oxygen atoms in total. The van der Waals surface area contributed by atoms with Gasteiger partial charge in [-0.2, -0.15) is 0 Å². The third-order valence-electron chi connectivity index (χ3n) is 5.00. The molecule has 0 spiro atoms. The minimum absolute atomic E-state index is 0.268. The summed E-state index contributed by atoms with van der Waals surface area (Å²) in [5.74, 6) is -1.79. The average molecular weight is 354 g/mol. The first kappa shape index (κ1) is 18.5. The lowest BCUT2D eigenvalue weighted by Crippen LogP contribution is -2.58. The molecule has 2 aromatic rings. The molecule has 0 aromatic heterocycles. The molecule has 1 aliphatic rings. The number of benzene rings is 2. The lowest BCUT2D eigenvalue weighted by Gasteiger charge is -2.43. The molecule has 0 bridgehead atoms. The van der Waals surface area contributed by atoms with Gasteiger partial charge in [-0.3, -0.25) is 9.59 Å². The van der Waals surface area contributed by atoms with Crippen molar-refractivity contribution in [3.05, 3.63) is 59.4 Å². The van der Waals surface area contributed by atoms with Crippen molar-refractivity contribution < 1.29 is 18.7 Å². The van der Waals surface area contributed by atoms with Gasteiger partial charge < -0.3 is 4.74 Å². The predicted octanol–water partition coefficient (Wildman–Crippen LogP) is 4.61. The van der Waals surface area contributed by atoms with Crippen LogP contribution in [0.3, 0.4) is 0 Å². The third-order valence-corrected chi connectivity index (χ3v) is 5.00. The summed E-state index contributed by atoms with van der Waals surface area (Å²) in [7, 11) is 0. The van der Waals surface area contributed by atoms with Gasteiger partial charge in [0.05, 0.1) is 0 Å². The van der Waals surface area contributed by atoms with Gasteiger partial charge in [-0.25, -0.2) is 4.39 Å². The zero-order valence-electron chi connectivity index (χ0n) is 15.7. The van der Waals surface area contributed by atoms with Gasteiger partial charge in [0.15, 0.2) is 11.6 Å². The zero-order valence-corrected chi connectivity index (χ0v) is 15.7. The first-order chi connectivity index (χ1) is 12.0. The van der Waals surface area contributed by atoms with Crippen LogP contribution in [0.25, 0.3) is 11.1 Å². The Labute approximate surface area is 153 Å². The molecule has 0 atom stereocenters. The highest BCUT2D eigenvalue weighted by Gasteiger charge is 2.53. The summed E-state index contributed by atoms with van der Waals surface area (Å²) in [6.45, 7) is 8.61. The quantitative estimate of drug-likeness (QED) is 0.740. The minimum Gasteiger partial charge on any atom is -0.354 e. The van der Waals surface area contributed by atoms with Crippen molar-refractivity contribution in [2.24, 2.45) is 0 Å². The van der Waals surface area contributed by atoms with E-state index in [0.717, 1.165) is 5.56 Å². The van der Waals surface area contributed by atoms with Crippen molar-refractivity contribution in [1.82, 2.24) is 0 Å². The van der Waals surface area contributed by atoms with E-state index in [9.17, 15) is 14.0 Å². The zero-order chi connectivity index (χ0) is 19.3. The molecule has 0 radical (unpaired) electrons. The number of carbonyl (C=O) groups is 2. The summed E-state index contributed by atoms with van der Waals surface area (Å²) < 4.78 is 19.9. The van der Waals surface area contributed by atoms with Gasteiger partial charge in [0.2, 0.25) is 0 Å². The molecule has 1 fully saturated rings. The van der Waals surface area contributed by atoms with E-state index in [1.807, 2.05) is 19.1 Å². The molecule has 2 aromatic carbocycles. The molecule has 1 heterocycles. The number of halogens is 1. The Morgan fingerprint density at radius 1 is 0.923 bits per heavy atom. The van der Waals surface area contributed by atoms with Crippen LogP contribution in [0.2, 0.25) is 0 Å². The van der Waals surface area contributed by atoms with Crippen molar-refractivity contribution in [3.8, 4) is 11.1 Å². The fourth-order valence-electron chi connectivity index (χ4n) is 3.65. The van der Waals surface area contributed by atoms with E-state index in [-0.39, 0.29) is 17.4 Å². The van der Waals surface area contributed by atoms with Crippen LogP contribution < -0.4 is 0 Å². The van der Waals surface area contributed by atoms with E-state index in [1.54, 1.807) is 52.0 Å². The van der Waals surface area contributed by atoms with Crippen LogP contribution in [-0.4, -0.2) is 22.8 Å². The Kier molecular flexibility index (Phi) is 4.35. The van der Waals surface area contributed by atoms with Crippen molar-refractivity contribution in [2.45, 2.75) is 51.7 Å². The molecule has 26 heavy (non-hydrogen) atoms. The van der Waals surface area contributed by atoms with E-state index < -0.39 is 17.1 Å². The summed E-state index contributed by atoms with van der Waals surface area (Å²) in [5, 5.41) is 0. The monoisotopic (exact) mass is 354 g/mol. The van der Waals surface area contributed by atoms with Gasteiger partial charge in [0.25, 0.3) is 0 Å². The second kappa shape index (κ2) is 6.13. The molecular weight excluding hydrogens is 331 g/mol. The second-order valence-electron chi connectivity index (χ2n) is 7.84. The highest BCUT2D eigenvalue weighted by Crippen LogP contribution is 2.40. The number of rotatable bonds is 2. The van der Waals surface area contributed by atoms with E-state index in [0.29, 0.717) is 16.7 Å². The van der Waals surface area contributed by atoms with Crippen LogP contribution in [0.4, 0.5) is 4.39 Å². The van der Waals surface area contributed by atoms with Crippen LogP contribution in [0.5, 0.6) is 0 Å². The molecule has 0 N–H and O–H groups in total. The Morgan fingerprint density at radius 3 is 2.08 bits per heavy atom. The molecular formula is C22H23FO3. The third kappa shape index (κ3) is 2.99. The van der Waals surface area contributed by atoms with Crippen LogP contribution in [0.1, 0.15) is 44.7 Å². The summed E-state index contributed by atoms with van der Waals surface area (Å²) in [6, 6.07) is 11.9. The Balaban J connectivity index is 2.16. The number of ether oxygens (including phenoxy) is 1. The molecule has 0 amide bonds. The molecule has 136 valence electrons. The van der Waals surface area contributed by atoms with Crippen LogP contribution in [0, 0.1) is 12.7 Å². The highest BCUT2D eigenvalue weighted by atomic mass is 19.1. The van der Waals surface area contributed by atoms with E-state index in [1.165, 1.54) is 6.07 Å². The molecule has 3 rings (SSSR count). The van der Waals surface area contributed by atoms with Gasteiger partial charge in [-0.05, 0) is 63.4 Å². The Hall–Kier alpha value is -2.33. The molecule has 1 aliphatic heterocycles. The topological polar surface area (TPSA) is 43.4 Å². The first-order valence-corrected chi connectivity index (χ1v) is 8.69. The van der Waals surface area contributed by atoms with Crippen molar-refractivity contribution in [1.29, 1.82) is 0 Å². The highest BCUT2D eigenvalue weighted by molar-refractivity contribution is 6.15. The fourth-order valence-corrected chi connectivity index (χ4v) is 3.65. The number of hydrogen-bond acceptors (Lipinski definition) is 3. The maximum atomic E-state index is 14.2. The van der Waals surface area contributed by atoms with Crippen molar-refractivity contribution in [3.63, 3.8) is 0 Å². The molecule has 4 heteroatoms. The van der Waals surface area contributed by atoms with E-state index in [4.69, 9.17) is 4.74 Å². The maximum Gasteiger partial charge on any atom is 0.179 e. The van der Waals surface area contributed by atoms with Crippen LogP contribution in [0.15, 0.2) is 42.5 Å². The molecule has 0 saturated carbocycles.